The van der Waals surface area contributed by atoms with Crippen LogP contribution in [0.2, 0.25) is 0 Å². The highest BCUT2D eigenvalue weighted by molar-refractivity contribution is 5.95. The zero-order valence-corrected chi connectivity index (χ0v) is 18.5. The van der Waals surface area contributed by atoms with Gasteiger partial charge in [-0.05, 0) is 40.5 Å². The number of hydrogen-bond acceptors (Lipinski definition) is 4. The van der Waals surface area contributed by atoms with Gasteiger partial charge in [-0.15, -0.1) is 0 Å². The normalized spacial score (nSPS) is 11.9. The van der Waals surface area contributed by atoms with Gasteiger partial charge in [-0.1, -0.05) is 48.5 Å². The van der Waals surface area contributed by atoms with Crippen LogP contribution in [0.4, 0.5) is 14.9 Å². The second-order valence-electron chi connectivity index (χ2n) is 8.02. The molecule has 7 nitrogen and oxygen atoms in total. The SMILES string of the molecule is CN(CCC(=O)O)C(=O)c1ccc(NC(=O)OCC2c3ccccc3-c3ccccc32)c(F)c1. The first-order valence-electron chi connectivity index (χ1n) is 10.7. The fraction of sp³-hybridized carbons (Fsp3) is 0.192. The van der Waals surface area contributed by atoms with E-state index in [4.69, 9.17) is 9.84 Å². The van der Waals surface area contributed by atoms with Gasteiger partial charge in [0.15, 0.2) is 0 Å². The largest absolute Gasteiger partial charge is 0.481 e. The molecule has 174 valence electrons. The Morgan fingerprint density at radius 1 is 1.00 bits per heavy atom. The lowest BCUT2D eigenvalue weighted by atomic mass is 9.98. The highest BCUT2D eigenvalue weighted by Crippen LogP contribution is 2.44. The summed E-state index contributed by atoms with van der Waals surface area (Å²) in [6.45, 7) is 0.0853. The van der Waals surface area contributed by atoms with Crippen molar-refractivity contribution in [3.05, 3.63) is 89.2 Å². The molecular formula is C26H23FN2O5. The third-order valence-corrected chi connectivity index (χ3v) is 5.80. The monoisotopic (exact) mass is 462 g/mol. The van der Waals surface area contributed by atoms with E-state index in [1.165, 1.54) is 24.1 Å². The molecule has 3 aromatic carbocycles. The highest BCUT2D eigenvalue weighted by Gasteiger charge is 2.29. The maximum Gasteiger partial charge on any atom is 0.411 e. The number of nitrogens with zero attached hydrogens (tertiary/aromatic N) is 1. The maximum atomic E-state index is 14.5. The van der Waals surface area contributed by atoms with Crippen LogP contribution in [-0.4, -0.2) is 48.2 Å². The molecule has 8 heteroatoms. The average Bonchev–Trinajstić information content (AvgIpc) is 3.15. The van der Waals surface area contributed by atoms with Gasteiger partial charge >= 0.3 is 12.1 Å². The third-order valence-electron chi connectivity index (χ3n) is 5.80. The highest BCUT2D eigenvalue weighted by atomic mass is 19.1. The molecule has 1 aliphatic carbocycles. The fourth-order valence-corrected chi connectivity index (χ4v) is 4.08. The molecule has 1 aliphatic rings. The number of carboxylic acid groups (broad SMARTS) is 1. The molecule has 2 amide bonds. The van der Waals surface area contributed by atoms with E-state index in [0.717, 1.165) is 28.3 Å². The number of hydrogen-bond donors (Lipinski definition) is 2. The Bertz CT molecular complexity index is 1210. The molecule has 0 saturated carbocycles. The maximum absolute atomic E-state index is 14.5. The number of nitrogens with one attached hydrogen (secondary N) is 1. The third kappa shape index (κ3) is 4.76. The van der Waals surface area contributed by atoms with E-state index in [9.17, 15) is 18.8 Å². The van der Waals surface area contributed by atoms with Crippen LogP contribution in [0.25, 0.3) is 11.1 Å². The Morgan fingerprint density at radius 3 is 2.21 bits per heavy atom. The molecule has 0 spiro atoms. The predicted octanol–water partition coefficient (Wildman–Crippen LogP) is 4.73. The topological polar surface area (TPSA) is 95.9 Å². The van der Waals surface area contributed by atoms with Gasteiger partial charge in [-0.3, -0.25) is 14.9 Å². The number of carbonyl (C=O) groups is 3. The van der Waals surface area contributed by atoms with E-state index in [1.54, 1.807) is 0 Å². The van der Waals surface area contributed by atoms with Crippen molar-refractivity contribution >= 4 is 23.7 Å². The fourth-order valence-electron chi connectivity index (χ4n) is 4.08. The molecule has 0 heterocycles. The number of fused-ring (bicyclic) bond motifs is 3. The number of aliphatic carboxylic acids is 1. The van der Waals surface area contributed by atoms with Gasteiger partial charge in [0.25, 0.3) is 5.91 Å². The quantitative estimate of drug-likeness (QED) is 0.529. The molecule has 0 aliphatic heterocycles. The number of carbonyl (C=O) groups excluding carboxylic acids is 2. The summed E-state index contributed by atoms with van der Waals surface area (Å²) in [6.07, 6.45) is -1.02. The second kappa shape index (κ2) is 9.74. The number of anilines is 1. The molecule has 0 unspecified atom stereocenters. The van der Waals surface area contributed by atoms with Gasteiger partial charge in [0, 0.05) is 25.1 Å². The van der Waals surface area contributed by atoms with Gasteiger partial charge < -0.3 is 14.7 Å². The van der Waals surface area contributed by atoms with Crippen molar-refractivity contribution in [3.63, 3.8) is 0 Å². The average molecular weight is 462 g/mol. The lowest BCUT2D eigenvalue weighted by molar-refractivity contribution is -0.137. The standard InChI is InChI=1S/C26H23FN2O5/c1-29(13-12-24(30)31)25(32)16-10-11-23(22(27)14-16)28-26(33)34-15-21-19-8-4-2-6-17(19)18-7-3-5-9-20(18)21/h2-11,14,21H,12-13,15H2,1H3,(H,28,33)(H,30,31). The zero-order valence-electron chi connectivity index (χ0n) is 18.5. The van der Waals surface area contributed by atoms with Crippen LogP contribution in [0.15, 0.2) is 66.7 Å². The summed E-state index contributed by atoms with van der Waals surface area (Å²) in [6, 6.07) is 19.5. The first-order chi connectivity index (χ1) is 16.3. The van der Waals surface area contributed by atoms with Crippen molar-refractivity contribution in [2.75, 3.05) is 25.5 Å². The first kappa shape index (κ1) is 23.0. The Morgan fingerprint density at radius 2 is 1.62 bits per heavy atom. The Labute approximate surface area is 195 Å². The summed E-state index contributed by atoms with van der Waals surface area (Å²) in [5, 5.41) is 11.1. The molecule has 0 saturated heterocycles. The molecule has 4 rings (SSSR count). The van der Waals surface area contributed by atoms with E-state index in [0.29, 0.717) is 0 Å². The van der Waals surface area contributed by atoms with Crippen molar-refractivity contribution in [2.45, 2.75) is 12.3 Å². The summed E-state index contributed by atoms with van der Waals surface area (Å²) in [5.74, 6) is -2.48. The Kier molecular flexibility index (Phi) is 6.58. The number of benzene rings is 3. The van der Waals surface area contributed by atoms with Gasteiger partial charge in [-0.25, -0.2) is 9.18 Å². The van der Waals surface area contributed by atoms with Gasteiger partial charge in [0.1, 0.15) is 12.4 Å². The minimum atomic E-state index is -1.03. The number of ether oxygens (including phenoxy) is 1. The van der Waals surface area contributed by atoms with Crippen LogP contribution in [-0.2, 0) is 9.53 Å². The lowest BCUT2D eigenvalue weighted by Crippen LogP contribution is -2.29. The van der Waals surface area contributed by atoms with Crippen LogP contribution in [0.3, 0.4) is 0 Å². The van der Waals surface area contributed by atoms with E-state index in [-0.39, 0.29) is 36.7 Å². The Balaban J connectivity index is 1.39. The molecule has 3 aromatic rings. The van der Waals surface area contributed by atoms with Crippen molar-refractivity contribution in [1.82, 2.24) is 4.90 Å². The molecule has 0 aromatic heterocycles. The van der Waals surface area contributed by atoms with E-state index >= 15 is 0 Å². The number of rotatable bonds is 7. The van der Waals surface area contributed by atoms with Crippen LogP contribution in [0.1, 0.15) is 33.8 Å². The number of amides is 2. The number of halogens is 1. The lowest BCUT2D eigenvalue weighted by Gasteiger charge is -2.17. The molecule has 0 fully saturated rings. The zero-order chi connectivity index (χ0) is 24.2. The summed E-state index contributed by atoms with van der Waals surface area (Å²) < 4.78 is 20.0. The van der Waals surface area contributed by atoms with Crippen LogP contribution >= 0.6 is 0 Å². The van der Waals surface area contributed by atoms with Crippen molar-refractivity contribution in [3.8, 4) is 11.1 Å². The van der Waals surface area contributed by atoms with Crippen LogP contribution in [0.5, 0.6) is 0 Å². The van der Waals surface area contributed by atoms with Gasteiger partial charge in [0.05, 0.1) is 12.1 Å². The van der Waals surface area contributed by atoms with E-state index in [2.05, 4.69) is 5.32 Å². The molecule has 0 radical (unpaired) electrons. The predicted molar refractivity (Wildman–Crippen MR) is 124 cm³/mol. The number of carboxylic acids is 1. The van der Waals surface area contributed by atoms with Crippen molar-refractivity contribution < 1.29 is 28.6 Å². The first-order valence-corrected chi connectivity index (χ1v) is 10.7. The summed E-state index contributed by atoms with van der Waals surface area (Å²) >= 11 is 0. The van der Waals surface area contributed by atoms with Gasteiger partial charge in [0.2, 0.25) is 0 Å². The van der Waals surface area contributed by atoms with Crippen molar-refractivity contribution in [1.29, 1.82) is 0 Å². The van der Waals surface area contributed by atoms with Crippen molar-refractivity contribution in [2.24, 2.45) is 0 Å². The van der Waals surface area contributed by atoms with Gasteiger partial charge in [-0.2, -0.15) is 0 Å². The molecular weight excluding hydrogens is 439 g/mol. The second-order valence-corrected chi connectivity index (χ2v) is 8.02. The minimum Gasteiger partial charge on any atom is -0.481 e. The minimum absolute atomic E-state index is 0.00443. The smallest absolute Gasteiger partial charge is 0.411 e. The molecule has 0 bridgehead atoms. The summed E-state index contributed by atoms with van der Waals surface area (Å²) in [7, 11) is 1.44. The molecule has 2 N–H and O–H groups in total. The molecule has 34 heavy (non-hydrogen) atoms. The summed E-state index contributed by atoms with van der Waals surface area (Å²) in [4.78, 5) is 36.6. The molecule has 0 atom stereocenters. The van der Waals surface area contributed by atoms with Crippen LogP contribution < -0.4 is 5.32 Å². The Hall–Kier alpha value is -4.20. The van der Waals surface area contributed by atoms with E-state index in [1.807, 2.05) is 48.5 Å². The van der Waals surface area contributed by atoms with E-state index < -0.39 is 23.8 Å². The summed E-state index contributed by atoms with van der Waals surface area (Å²) in [5.41, 5.74) is 4.26. The van der Waals surface area contributed by atoms with Crippen LogP contribution in [0, 0.1) is 5.82 Å².